The highest BCUT2D eigenvalue weighted by Crippen LogP contribution is 2.35. The van der Waals surface area contributed by atoms with E-state index in [1.807, 2.05) is 0 Å². The number of nitrogens with zero attached hydrogens (tertiary/aromatic N) is 3. The molecule has 124 valence electrons. The van der Waals surface area contributed by atoms with Crippen LogP contribution >= 0.6 is 11.3 Å². The zero-order valence-electron chi connectivity index (χ0n) is 14.0. The topological polar surface area (TPSA) is 42.2 Å². The summed E-state index contributed by atoms with van der Waals surface area (Å²) in [6, 6.07) is 13.1. The minimum atomic E-state index is 0.229. The van der Waals surface area contributed by atoms with Gasteiger partial charge < -0.3 is 4.42 Å². The molecule has 0 aliphatic carbocycles. The lowest BCUT2D eigenvalue weighted by Gasteiger charge is -2.21. The van der Waals surface area contributed by atoms with E-state index in [9.17, 15) is 0 Å². The third-order valence-electron chi connectivity index (χ3n) is 4.51. The van der Waals surface area contributed by atoms with Gasteiger partial charge in [0, 0.05) is 11.4 Å². The van der Waals surface area contributed by atoms with Crippen LogP contribution in [0.25, 0.3) is 10.8 Å². The first-order valence-electron chi connectivity index (χ1n) is 8.39. The molecule has 1 aliphatic rings. The maximum Gasteiger partial charge on any atom is 0.257 e. The van der Waals surface area contributed by atoms with E-state index in [2.05, 4.69) is 65.3 Å². The summed E-state index contributed by atoms with van der Waals surface area (Å²) in [6.07, 6.45) is 2.25. The van der Waals surface area contributed by atoms with Crippen LogP contribution in [0.1, 0.15) is 40.8 Å². The summed E-state index contributed by atoms with van der Waals surface area (Å²) in [7, 11) is 0. The minimum absolute atomic E-state index is 0.229. The Bertz CT molecular complexity index is 839. The molecule has 3 aromatic rings. The lowest BCUT2D eigenvalue weighted by molar-refractivity contribution is 0.215. The number of benzene rings is 1. The van der Waals surface area contributed by atoms with Crippen LogP contribution in [0, 0.1) is 13.8 Å². The molecular formula is C19H21N3OS. The van der Waals surface area contributed by atoms with Gasteiger partial charge in [0.1, 0.15) is 0 Å². The third-order valence-corrected chi connectivity index (χ3v) is 5.50. The van der Waals surface area contributed by atoms with E-state index in [0.717, 1.165) is 30.3 Å². The quantitative estimate of drug-likeness (QED) is 0.688. The molecule has 1 saturated heterocycles. The molecule has 1 aliphatic heterocycles. The van der Waals surface area contributed by atoms with Crippen molar-refractivity contribution in [3.8, 4) is 10.8 Å². The summed E-state index contributed by atoms with van der Waals surface area (Å²) < 4.78 is 6.01. The van der Waals surface area contributed by atoms with Crippen molar-refractivity contribution in [2.45, 2.75) is 39.3 Å². The van der Waals surface area contributed by atoms with Gasteiger partial charge in [-0.15, -0.1) is 21.5 Å². The number of hydrogen-bond acceptors (Lipinski definition) is 5. The molecule has 1 aromatic carbocycles. The normalized spacial score (nSPS) is 18.3. The Hall–Kier alpha value is -1.98. The summed E-state index contributed by atoms with van der Waals surface area (Å²) in [5, 5.41) is 8.61. The number of aryl methyl sites for hydroxylation is 2. The first-order chi connectivity index (χ1) is 11.7. The molecule has 2 aromatic heterocycles. The Labute approximate surface area is 146 Å². The highest BCUT2D eigenvalue weighted by atomic mass is 32.1. The van der Waals surface area contributed by atoms with Crippen LogP contribution in [0.3, 0.4) is 0 Å². The van der Waals surface area contributed by atoms with Gasteiger partial charge in [0.25, 0.3) is 5.89 Å². The maximum absolute atomic E-state index is 6.01. The van der Waals surface area contributed by atoms with E-state index in [1.54, 1.807) is 11.3 Å². The smallest absolute Gasteiger partial charge is 0.257 e. The molecule has 0 bridgehead atoms. The Morgan fingerprint density at radius 3 is 2.92 bits per heavy atom. The molecule has 4 rings (SSSR count). The Morgan fingerprint density at radius 2 is 2.12 bits per heavy atom. The van der Waals surface area contributed by atoms with Gasteiger partial charge in [-0.25, -0.2) is 0 Å². The average Bonchev–Trinajstić information content (AvgIpc) is 3.27. The Balaban J connectivity index is 1.53. The maximum atomic E-state index is 6.01. The van der Waals surface area contributed by atoms with Crippen LogP contribution in [0.5, 0.6) is 0 Å². The number of aromatic nitrogens is 2. The van der Waals surface area contributed by atoms with Gasteiger partial charge >= 0.3 is 0 Å². The molecule has 0 saturated carbocycles. The van der Waals surface area contributed by atoms with E-state index >= 15 is 0 Å². The second kappa shape index (κ2) is 6.49. The summed E-state index contributed by atoms with van der Waals surface area (Å²) in [6.45, 7) is 6.24. The van der Waals surface area contributed by atoms with Crippen LogP contribution < -0.4 is 0 Å². The van der Waals surface area contributed by atoms with Crippen molar-refractivity contribution in [3.05, 3.63) is 58.3 Å². The average molecular weight is 339 g/mol. The first kappa shape index (κ1) is 15.5. The van der Waals surface area contributed by atoms with Crippen LogP contribution in [0.2, 0.25) is 0 Å². The van der Waals surface area contributed by atoms with Crippen molar-refractivity contribution in [1.29, 1.82) is 0 Å². The van der Waals surface area contributed by atoms with Crippen molar-refractivity contribution >= 4 is 11.3 Å². The van der Waals surface area contributed by atoms with E-state index in [1.165, 1.54) is 22.4 Å². The molecule has 5 heteroatoms. The van der Waals surface area contributed by atoms with Gasteiger partial charge in [-0.1, -0.05) is 29.8 Å². The van der Waals surface area contributed by atoms with Crippen molar-refractivity contribution in [2.75, 3.05) is 6.54 Å². The monoisotopic (exact) mass is 339 g/mol. The van der Waals surface area contributed by atoms with Crippen LogP contribution in [-0.2, 0) is 6.54 Å². The number of likely N-dealkylation sites (tertiary alicyclic amines) is 1. The van der Waals surface area contributed by atoms with Crippen molar-refractivity contribution < 1.29 is 4.42 Å². The summed E-state index contributed by atoms with van der Waals surface area (Å²) >= 11 is 1.69. The lowest BCUT2D eigenvalue weighted by atomic mass is 10.1. The van der Waals surface area contributed by atoms with Crippen LogP contribution in [0.15, 0.2) is 40.8 Å². The van der Waals surface area contributed by atoms with Gasteiger partial charge in [0.15, 0.2) is 0 Å². The number of thiophene rings is 1. The molecule has 1 fully saturated rings. The summed E-state index contributed by atoms with van der Waals surface area (Å²) in [5.41, 5.74) is 2.65. The lowest BCUT2D eigenvalue weighted by Crippen LogP contribution is -2.23. The van der Waals surface area contributed by atoms with Crippen molar-refractivity contribution in [2.24, 2.45) is 0 Å². The SMILES string of the molecule is Cc1cccc(CN2CCCC2c2nnc(-c3ccc(C)s3)o2)c1. The highest BCUT2D eigenvalue weighted by Gasteiger charge is 2.30. The second-order valence-corrected chi connectivity index (χ2v) is 7.76. The molecular weight excluding hydrogens is 318 g/mol. The molecule has 24 heavy (non-hydrogen) atoms. The fourth-order valence-corrected chi connectivity index (χ4v) is 4.15. The van der Waals surface area contributed by atoms with Crippen molar-refractivity contribution in [1.82, 2.24) is 15.1 Å². The van der Waals surface area contributed by atoms with E-state index in [0.29, 0.717) is 5.89 Å². The van der Waals surface area contributed by atoms with Gasteiger partial charge in [0.05, 0.1) is 10.9 Å². The molecule has 0 radical (unpaired) electrons. The zero-order chi connectivity index (χ0) is 16.5. The summed E-state index contributed by atoms with van der Waals surface area (Å²) in [4.78, 5) is 4.76. The van der Waals surface area contributed by atoms with E-state index in [4.69, 9.17) is 4.42 Å². The molecule has 3 heterocycles. The number of hydrogen-bond donors (Lipinski definition) is 0. The fourth-order valence-electron chi connectivity index (χ4n) is 3.36. The van der Waals surface area contributed by atoms with Gasteiger partial charge in [-0.2, -0.15) is 0 Å². The van der Waals surface area contributed by atoms with Gasteiger partial charge in [-0.05, 0) is 50.9 Å². The Morgan fingerprint density at radius 1 is 1.21 bits per heavy atom. The first-order valence-corrected chi connectivity index (χ1v) is 9.20. The standard InChI is InChI=1S/C19H21N3OS/c1-13-5-3-6-15(11-13)12-22-10-4-7-16(22)18-20-21-19(23-18)17-9-8-14(2)24-17/h3,5-6,8-9,11,16H,4,7,10,12H2,1-2H3. The molecule has 4 nitrogen and oxygen atoms in total. The van der Waals surface area contributed by atoms with E-state index < -0.39 is 0 Å². The molecule has 0 amide bonds. The summed E-state index contributed by atoms with van der Waals surface area (Å²) in [5.74, 6) is 1.40. The largest absolute Gasteiger partial charge is 0.418 e. The zero-order valence-corrected chi connectivity index (χ0v) is 14.8. The van der Waals surface area contributed by atoms with Crippen LogP contribution in [-0.4, -0.2) is 21.6 Å². The van der Waals surface area contributed by atoms with Gasteiger partial charge in [0.2, 0.25) is 5.89 Å². The van der Waals surface area contributed by atoms with Crippen molar-refractivity contribution in [3.63, 3.8) is 0 Å². The molecule has 1 unspecified atom stereocenters. The Kier molecular flexibility index (Phi) is 4.21. The molecule has 0 N–H and O–H groups in total. The van der Waals surface area contributed by atoms with Gasteiger partial charge in [-0.3, -0.25) is 4.90 Å². The highest BCUT2D eigenvalue weighted by molar-refractivity contribution is 7.15. The number of rotatable bonds is 4. The third kappa shape index (κ3) is 3.14. The van der Waals surface area contributed by atoms with E-state index in [-0.39, 0.29) is 6.04 Å². The molecule has 1 atom stereocenters. The predicted octanol–water partition coefficient (Wildman–Crippen LogP) is 4.75. The van der Waals surface area contributed by atoms with Crippen LogP contribution in [0.4, 0.5) is 0 Å². The molecule has 0 spiro atoms. The predicted molar refractivity (Wildman–Crippen MR) is 95.9 cm³/mol. The fraction of sp³-hybridized carbons (Fsp3) is 0.368. The minimum Gasteiger partial charge on any atom is -0.418 e. The second-order valence-electron chi connectivity index (χ2n) is 6.47.